The molecule has 13 heteroatoms. The van der Waals surface area contributed by atoms with Crippen molar-refractivity contribution in [3.8, 4) is 11.5 Å². The van der Waals surface area contributed by atoms with Crippen molar-refractivity contribution in [2.24, 2.45) is 10.2 Å². The number of azo groups is 1. The zero-order valence-electron chi connectivity index (χ0n) is 21.7. The normalized spacial score (nSPS) is 11.4. The number of fused-ring (bicyclic) bond motifs is 1. The Morgan fingerprint density at radius 3 is 2.35 bits per heavy atom. The molecule has 0 aromatic heterocycles. The molecule has 0 aliphatic rings. The fraction of sp³-hybridized carbons (Fsp3) is 0.148. The van der Waals surface area contributed by atoms with Crippen LogP contribution in [0.3, 0.4) is 0 Å². The van der Waals surface area contributed by atoms with Gasteiger partial charge in [0.1, 0.15) is 16.3 Å². The van der Waals surface area contributed by atoms with Crippen LogP contribution in [0, 0.1) is 0 Å². The fourth-order valence-corrected chi connectivity index (χ4v) is 5.09. The van der Waals surface area contributed by atoms with Crippen LogP contribution in [-0.2, 0) is 16.5 Å². The first kappa shape index (κ1) is 31.8. The summed E-state index contributed by atoms with van der Waals surface area (Å²) in [5.41, 5.74) is 0.0217. The van der Waals surface area contributed by atoms with Gasteiger partial charge in [-0.3, -0.25) is 9.35 Å². The summed E-state index contributed by atoms with van der Waals surface area (Å²) in [7, 11) is -4.71. The van der Waals surface area contributed by atoms with Gasteiger partial charge in [0, 0.05) is 17.0 Å². The third kappa shape index (κ3) is 6.95. The minimum atomic E-state index is -4.71. The number of benzene rings is 4. The molecule has 0 saturated carbocycles. The summed E-state index contributed by atoms with van der Waals surface area (Å²) in [5.74, 6) is -0.975. The van der Waals surface area contributed by atoms with E-state index in [9.17, 15) is 22.9 Å². The van der Waals surface area contributed by atoms with Crippen LogP contribution in [0.4, 0.5) is 17.1 Å². The number of hydrogen-bond acceptors (Lipinski definition) is 7. The van der Waals surface area contributed by atoms with Gasteiger partial charge in [-0.2, -0.15) is 13.5 Å². The second kappa shape index (κ2) is 13.3. The largest absolute Gasteiger partial charge is 1.00 e. The molecule has 0 aliphatic heterocycles. The van der Waals surface area contributed by atoms with Crippen LogP contribution in [0.2, 0.25) is 10.0 Å². The first-order valence-corrected chi connectivity index (χ1v) is 13.9. The van der Waals surface area contributed by atoms with Gasteiger partial charge in [0.2, 0.25) is 0 Å². The molecule has 0 fully saturated rings. The number of carbonyl (C=O) groups is 1. The zero-order valence-corrected chi connectivity index (χ0v) is 26.1. The summed E-state index contributed by atoms with van der Waals surface area (Å²) in [4.78, 5) is 12.6. The third-order valence-corrected chi connectivity index (χ3v) is 7.21. The standard InChI is InChI=1S/C27H23Cl2N3O6S.Na/c1-3-15-11-21(29)25(23(12-15)39(35,36)37)32-31-24-18-8-6-5-7-16(18)13-19(26(24)33)27(34)30-22-10-9-17(38-4-2)14-20(22)28;/h5-14,33H,3-4H2,1-2H3,(H,30,34)(H,35,36,37);/q;+1/p-1. The number of hydrogen-bond donors (Lipinski definition) is 2. The van der Waals surface area contributed by atoms with Crippen molar-refractivity contribution in [3.05, 3.63) is 81.8 Å². The van der Waals surface area contributed by atoms with E-state index in [4.69, 9.17) is 27.9 Å². The van der Waals surface area contributed by atoms with Crippen molar-refractivity contribution in [2.75, 3.05) is 11.9 Å². The molecule has 1 amide bonds. The van der Waals surface area contributed by atoms with Gasteiger partial charge in [0.15, 0.2) is 0 Å². The Morgan fingerprint density at radius 1 is 1.00 bits per heavy atom. The van der Waals surface area contributed by atoms with Crippen LogP contribution in [0.1, 0.15) is 29.8 Å². The first-order chi connectivity index (χ1) is 18.5. The first-order valence-electron chi connectivity index (χ1n) is 11.7. The fourth-order valence-electron chi connectivity index (χ4n) is 3.85. The molecule has 2 N–H and O–H groups in total. The van der Waals surface area contributed by atoms with Crippen LogP contribution in [0.15, 0.2) is 75.8 Å². The van der Waals surface area contributed by atoms with Crippen molar-refractivity contribution >= 4 is 67.1 Å². The number of halogens is 2. The predicted octanol–water partition coefficient (Wildman–Crippen LogP) is 4.10. The van der Waals surface area contributed by atoms with Crippen LogP contribution >= 0.6 is 23.2 Å². The molecule has 0 aliphatic carbocycles. The molecule has 0 saturated heterocycles. The van der Waals surface area contributed by atoms with Gasteiger partial charge in [-0.15, -0.1) is 5.11 Å². The molecule has 0 spiro atoms. The topological polar surface area (TPSA) is 140 Å². The van der Waals surface area contributed by atoms with Gasteiger partial charge >= 0.3 is 29.6 Å². The van der Waals surface area contributed by atoms with E-state index in [2.05, 4.69) is 15.5 Å². The average Bonchev–Trinajstić information content (AvgIpc) is 2.89. The maximum absolute atomic E-state index is 13.5. The smallest absolute Gasteiger partial charge is 0.870 e. The maximum atomic E-state index is 13.5. The number of aryl methyl sites for hydroxylation is 1. The average molecular weight is 610 g/mol. The van der Waals surface area contributed by atoms with Crippen LogP contribution in [0.5, 0.6) is 11.5 Å². The minimum Gasteiger partial charge on any atom is -0.870 e. The van der Waals surface area contributed by atoms with E-state index in [0.29, 0.717) is 35.1 Å². The van der Waals surface area contributed by atoms with Crippen molar-refractivity contribution in [1.82, 2.24) is 0 Å². The van der Waals surface area contributed by atoms with Crippen LogP contribution in [0.25, 0.3) is 10.8 Å². The Morgan fingerprint density at radius 2 is 1.70 bits per heavy atom. The molecule has 0 atom stereocenters. The van der Waals surface area contributed by atoms with Gasteiger partial charge in [0.05, 0.1) is 28.0 Å². The van der Waals surface area contributed by atoms with E-state index in [1.807, 2.05) is 6.92 Å². The van der Waals surface area contributed by atoms with E-state index in [1.54, 1.807) is 49.4 Å². The summed E-state index contributed by atoms with van der Waals surface area (Å²) in [6.45, 7) is 4.05. The monoisotopic (exact) mass is 609 g/mol. The summed E-state index contributed by atoms with van der Waals surface area (Å²) < 4.78 is 39.2. The van der Waals surface area contributed by atoms with Crippen LogP contribution < -0.4 is 44.7 Å². The number of amides is 1. The Bertz CT molecular complexity index is 1730. The van der Waals surface area contributed by atoms with Crippen molar-refractivity contribution < 1.29 is 57.2 Å². The van der Waals surface area contributed by atoms with Gasteiger partial charge in [-0.25, -0.2) is 0 Å². The van der Waals surface area contributed by atoms with E-state index >= 15 is 0 Å². The molecule has 202 valence electrons. The summed E-state index contributed by atoms with van der Waals surface area (Å²) in [6.07, 6.45) is 0.449. The van der Waals surface area contributed by atoms with Crippen molar-refractivity contribution in [3.63, 3.8) is 0 Å². The van der Waals surface area contributed by atoms with E-state index in [0.717, 1.165) is 0 Å². The van der Waals surface area contributed by atoms with Crippen LogP contribution in [-0.4, -0.2) is 25.5 Å². The van der Waals surface area contributed by atoms with Crippen molar-refractivity contribution in [2.45, 2.75) is 25.2 Å². The van der Waals surface area contributed by atoms with E-state index in [1.165, 1.54) is 18.2 Å². The van der Waals surface area contributed by atoms with Crippen molar-refractivity contribution in [1.29, 1.82) is 0 Å². The van der Waals surface area contributed by atoms with E-state index < -0.39 is 26.7 Å². The number of rotatable bonds is 8. The molecule has 4 rings (SSSR count). The molecule has 40 heavy (non-hydrogen) atoms. The Balaban J connectivity index is 0.00000441. The van der Waals surface area contributed by atoms with Gasteiger partial charge < -0.3 is 15.2 Å². The number of nitrogens with one attached hydrogen (secondary N) is 1. The third-order valence-electron chi connectivity index (χ3n) is 5.74. The molecular formula is C27H22Cl2N3NaO6S. The Labute approximate surface area is 263 Å². The summed E-state index contributed by atoms with van der Waals surface area (Å²) >= 11 is 12.5. The Kier molecular flexibility index (Phi) is 10.6. The molecule has 0 radical (unpaired) electrons. The maximum Gasteiger partial charge on any atom is 1.00 e. The number of anilines is 1. The molecular weight excluding hydrogens is 588 g/mol. The number of carbonyl (C=O) groups excluding carboxylic acids is 1. The molecule has 9 nitrogen and oxygen atoms in total. The molecule has 0 heterocycles. The molecule has 4 aromatic rings. The minimum absolute atomic E-state index is 0. The zero-order chi connectivity index (χ0) is 28.3. The summed E-state index contributed by atoms with van der Waals surface area (Å²) in [6, 6.07) is 15.5. The molecule has 0 unspecified atom stereocenters. The second-order valence-corrected chi connectivity index (χ2v) is 10.5. The number of ether oxygens (including phenoxy) is 1. The molecule has 4 aromatic carbocycles. The quantitative estimate of drug-likeness (QED) is 0.175. The number of nitrogens with zero attached hydrogens (tertiary/aromatic N) is 2. The van der Waals surface area contributed by atoms with E-state index in [-0.39, 0.29) is 62.2 Å². The van der Waals surface area contributed by atoms with Gasteiger partial charge in [-0.05, 0) is 54.6 Å². The molecule has 0 bridgehead atoms. The second-order valence-electron chi connectivity index (χ2n) is 8.30. The SMILES string of the molecule is CCOc1ccc(NC(=O)c2cc3ccccc3c(N=Nc3c(Cl)cc(CC)cc3S(=O)(=O)O)c2[O-])c(Cl)c1.[Na+]. The predicted molar refractivity (Wildman–Crippen MR) is 149 cm³/mol. The Hall–Kier alpha value is -2.70. The van der Waals surface area contributed by atoms with Gasteiger partial charge in [0.25, 0.3) is 16.0 Å². The van der Waals surface area contributed by atoms with Gasteiger partial charge in [-0.1, -0.05) is 60.1 Å². The summed E-state index contributed by atoms with van der Waals surface area (Å²) in [5, 5.41) is 25.1.